The molecule has 25 heavy (non-hydrogen) atoms. The number of nitrogens with zero attached hydrogens (tertiary/aromatic N) is 2. The molecule has 1 aliphatic rings. The first-order valence-corrected chi connectivity index (χ1v) is 8.98. The van der Waals surface area contributed by atoms with Crippen LogP contribution in [0.1, 0.15) is 23.1 Å². The van der Waals surface area contributed by atoms with Crippen molar-refractivity contribution < 1.29 is 4.79 Å². The highest BCUT2D eigenvalue weighted by Crippen LogP contribution is 2.11. The Kier molecular flexibility index (Phi) is 6.02. The lowest BCUT2D eigenvalue weighted by Crippen LogP contribution is -2.32. The van der Waals surface area contributed by atoms with Crippen LogP contribution in [0.3, 0.4) is 0 Å². The number of aryl methyl sites for hydroxylation is 1. The van der Waals surface area contributed by atoms with Crippen molar-refractivity contribution in [1.29, 1.82) is 0 Å². The summed E-state index contributed by atoms with van der Waals surface area (Å²) in [5, 5.41) is 0. The number of rotatable bonds is 5. The van der Waals surface area contributed by atoms with Gasteiger partial charge in [-0.1, -0.05) is 72.3 Å². The van der Waals surface area contributed by atoms with Gasteiger partial charge >= 0.3 is 0 Å². The zero-order chi connectivity index (χ0) is 17.5. The Morgan fingerprint density at radius 1 is 0.960 bits per heavy atom. The third kappa shape index (κ3) is 5.30. The van der Waals surface area contributed by atoms with E-state index in [1.165, 1.54) is 16.7 Å². The summed E-state index contributed by atoms with van der Waals surface area (Å²) in [6, 6.07) is 18.8. The summed E-state index contributed by atoms with van der Waals surface area (Å²) in [5.41, 5.74) is 3.67. The van der Waals surface area contributed by atoms with Crippen LogP contribution >= 0.6 is 0 Å². The summed E-state index contributed by atoms with van der Waals surface area (Å²) in [6.45, 7) is 6.25. The minimum Gasteiger partial charge on any atom is -0.337 e. The zero-order valence-corrected chi connectivity index (χ0v) is 14.9. The van der Waals surface area contributed by atoms with Crippen molar-refractivity contribution in [2.24, 2.45) is 0 Å². The molecule has 2 aromatic rings. The molecule has 3 heteroatoms. The van der Waals surface area contributed by atoms with Gasteiger partial charge in [-0.05, 0) is 18.1 Å². The minimum atomic E-state index is 0.259. The van der Waals surface area contributed by atoms with Crippen molar-refractivity contribution in [3.8, 4) is 0 Å². The summed E-state index contributed by atoms with van der Waals surface area (Å²) in [7, 11) is 0. The third-order valence-corrected chi connectivity index (χ3v) is 4.65. The lowest BCUT2D eigenvalue weighted by Gasteiger charge is -2.21. The molecule has 0 spiro atoms. The fourth-order valence-electron chi connectivity index (χ4n) is 3.08. The van der Waals surface area contributed by atoms with Crippen molar-refractivity contribution in [2.75, 3.05) is 26.2 Å². The van der Waals surface area contributed by atoms with E-state index < -0.39 is 0 Å². The number of hydrogen-bond donors (Lipinski definition) is 0. The summed E-state index contributed by atoms with van der Waals surface area (Å²) in [6.07, 6.45) is 4.94. The first kappa shape index (κ1) is 17.4. The monoisotopic (exact) mass is 334 g/mol. The average Bonchev–Trinajstić information content (AvgIpc) is 2.80. The van der Waals surface area contributed by atoms with Crippen LogP contribution in [0.2, 0.25) is 0 Å². The fourth-order valence-corrected chi connectivity index (χ4v) is 3.08. The highest BCUT2D eigenvalue weighted by molar-refractivity contribution is 5.76. The first-order valence-electron chi connectivity index (χ1n) is 8.98. The predicted molar refractivity (Wildman–Crippen MR) is 103 cm³/mol. The Balaban J connectivity index is 1.52. The molecule has 3 rings (SSSR count). The van der Waals surface area contributed by atoms with Gasteiger partial charge in [0.15, 0.2) is 0 Å². The molecule has 0 atom stereocenters. The molecule has 0 N–H and O–H groups in total. The Morgan fingerprint density at radius 2 is 1.72 bits per heavy atom. The second kappa shape index (κ2) is 8.63. The van der Waals surface area contributed by atoms with Gasteiger partial charge in [0.05, 0.1) is 0 Å². The van der Waals surface area contributed by atoms with E-state index in [2.05, 4.69) is 60.4 Å². The average molecular weight is 334 g/mol. The summed E-state index contributed by atoms with van der Waals surface area (Å²) in [4.78, 5) is 16.8. The van der Waals surface area contributed by atoms with Gasteiger partial charge < -0.3 is 4.90 Å². The quantitative estimate of drug-likeness (QED) is 0.831. The molecule has 3 nitrogen and oxygen atoms in total. The molecular weight excluding hydrogens is 308 g/mol. The summed E-state index contributed by atoms with van der Waals surface area (Å²) < 4.78 is 0. The number of hydrogen-bond acceptors (Lipinski definition) is 2. The maximum absolute atomic E-state index is 12.4. The molecule has 0 radical (unpaired) electrons. The van der Waals surface area contributed by atoms with Gasteiger partial charge in [0.25, 0.3) is 0 Å². The van der Waals surface area contributed by atoms with Gasteiger partial charge in [0, 0.05) is 39.1 Å². The first-order chi connectivity index (χ1) is 12.2. The molecule has 0 unspecified atom stereocenters. The normalized spacial score (nSPS) is 16.4. The molecular formula is C22H26N2O. The highest BCUT2D eigenvalue weighted by atomic mass is 16.2. The highest BCUT2D eigenvalue weighted by Gasteiger charge is 2.20. The molecule has 2 aromatic carbocycles. The molecule has 1 heterocycles. The zero-order valence-electron chi connectivity index (χ0n) is 14.9. The van der Waals surface area contributed by atoms with Gasteiger partial charge in [-0.2, -0.15) is 0 Å². The van der Waals surface area contributed by atoms with Crippen LogP contribution in [0.4, 0.5) is 0 Å². The Labute approximate surface area is 150 Å². The van der Waals surface area contributed by atoms with E-state index in [1.54, 1.807) is 0 Å². The maximum atomic E-state index is 12.4. The van der Waals surface area contributed by atoms with Gasteiger partial charge in [-0.3, -0.25) is 9.69 Å². The smallest absolute Gasteiger partial charge is 0.224 e. The number of carbonyl (C=O) groups is 1. The number of amides is 1. The van der Waals surface area contributed by atoms with E-state index in [1.807, 2.05) is 23.1 Å². The second-order valence-electron chi connectivity index (χ2n) is 6.66. The van der Waals surface area contributed by atoms with Crippen LogP contribution in [0.15, 0.2) is 60.7 Å². The molecule has 1 amide bonds. The topological polar surface area (TPSA) is 23.6 Å². The van der Waals surface area contributed by atoms with Gasteiger partial charge in [-0.15, -0.1) is 0 Å². The second-order valence-corrected chi connectivity index (χ2v) is 6.66. The minimum absolute atomic E-state index is 0.259. The van der Waals surface area contributed by atoms with Crippen molar-refractivity contribution >= 4 is 12.0 Å². The summed E-state index contributed by atoms with van der Waals surface area (Å²) >= 11 is 0. The Bertz CT molecular complexity index is 707. The van der Waals surface area contributed by atoms with E-state index >= 15 is 0 Å². The van der Waals surface area contributed by atoms with Gasteiger partial charge in [0.2, 0.25) is 5.91 Å². The SMILES string of the molecule is Cc1ccc(CN2CCN(C/C=C/c3ccccc3)CCC2=O)cc1. The summed E-state index contributed by atoms with van der Waals surface area (Å²) in [5.74, 6) is 0.259. The van der Waals surface area contributed by atoms with Crippen LogP contribution in [-0.2, 0) is 11.3 Å². The molecule has 0 bridgehead atoms. The van der Waals surface area contributed by atoms with Gasteiger partial charge in [0.1, 0.15) is 0 Å². The van der Waals surface area contributed by atoms with Crippen LogP contribution < -0.4 is 0 Å². The Morgan fingerprint density at radius 3 is 2.48 bits per heavy atom. The van der Waals surface area contributed by atoms with Crippen LogP contribution in [0, 0.1) is 6.92 Å². The lowest BCUT2D eigenvalue weighted by atomic mass is 10.1. The molecule has 1 aliphatic heterocycles. The lowest BCUT2D eigenvalue weighted by molar-refractivity contribution is -0.130. The maximum Gasteiger partial charge on any atom is 0.224 e. The molecule has 0 saturated carbocycles. The number of carbonyl (C=O) groups excluding carboxylic acids is 1. The third-order valence-electron chi connectivity index (χ3n) is 4.65. The predicted octanol–water partition coefficient (Wildman–Crippen LogP) is 3.74. The van der Waals surface area contributed by atoms with Crippen molar-refractivity contribution in [3.63, 3.8) is 0 Å². The fraction of sp³-hybridized carbons (Fsp3) is 0.318. The molecule has 130 valence electrons. The van der Waals surface area contributed by atoms with Crippen LogP contribution in [0.5, 0.6) is 0 Å². The van der Waals surface area contributed by atoms with E-state index in [4.69, 9.17) is 0 Å². The van der Waals surface area contributed by atoms with Crippen molar-refractivity contribution in [2.45, 2.75) is 19.9 Å². The Hall–Kier alpha value is -2.39. The van der Waals surface area contributed by atoms with Gasteiger partial charge in [-0.25, -0.2) is 0 Å². The van der Waals surface area contributed by atoms with E-state index in [-0.39, 0.29) is 5.91 Å². The van der Waals surface area contributed by atoms with Crippen LogP contribution in [-0.4, -0.2) is 41.9 Å². The standard InChI is InChI=1S/C22H26N2O/c1-19-9-11-21(12-10-19)18-24-17-16-23(15-13-22(24)25)14-5-8-20-6-3-2-4-7-20/h2-12H,13-18H2,1H3/b8-5+. The van der Waals surface area contributed by atoms with E-state index in [9.17, 15) is 4.79 Å². The van der Waals surface area contributed by atoms with E-state index in [0.29, 0.717) is 13.0 Å². The van der Waals surface area contributed by atoms with Crippen LogP contribution in [0.25, 0.3) is 6.08 Å². The largest absolute Gasteiger partial charge is 0.337 e. The number of benzene rings is 2. The molecule has 1 fully saturated rings. The van der Waals surface area contributed by atoms with E-state index in [0.717, 1.165) is 26.2 Å². The molecule has 1 saturated heterocycles. The molecule has 0 aromatic heterocycles. The molecule has 0 aliphatic carbocycles. The van der Waals surface area contributed by atoms with Crippen molar-refractivity contribution in [1.82, 2.24) is 9.80 Å². The van der Waals surface area contributed by atoms with Crippen molar-refractivity contribution in [3.05, 3.63) is 77.4 Å².